The molecule has 0 bridgehead atoms. The maximum Gasteiger partial charge on any atom is 0.408 e. The number of carbonyl (C=O) groups excluding carboxylic acids is 1. The summed E-state index contributed by atoms with van der Waals surface area (Å²) in [6, 6.07) is 0.893. The highest BCUT2D eigenvalue weighted by Crippen LogP contribution is 2.56. The van der Waals surface area contributed by atoms with Crippen LogP contribution in [0.25, 0.3) is 0 Å². The first-order valence-electron chi connectivity index (χ1n) is 9.66. The Kier molecular flexibility index (Phi) is 3.90. The van der Waals surface area contributed by atoms with Crippen LogP contribution < -0.4 is 5.32 Å². The van der Waals surface area contributed by atoms with Gasteiger partial charge in [0.15, 0.2) is 0 Å². The number of nitrogens with one attached hydrogen (secondary N) is 1. The Morgan fingerprint density at radius 3 is 2.52 bits per heavy atom. The highest BCUT2D eigenvalue weighted by atomic mass is 16.6. The predicted octanol–water partition coefficient (Wildman–Crippen LogP) is 2.26. The number of nitrogens with zero attached hydrogens (tertiary/aromatic N) is 2. The molecular formula is C18H29N3O4. The Bertz CT molecular complexity index is 567. The summed E-state index contributed by atoms with van der Waals surface area (Å²) in [5.41, 5.74) is -0.0907. The molecule has 140 valence electrons. The molecule has 2 N–H and O–H groups in total. The molecule has 1 aliphatic carbocycles. The van der Waals surface area contributed by atoms with E-state index in [0.717, 1.165) is 51.6 Å². The Morgan fingerprint density at radius 2 is 1.96 bits per heavy atom. The van der Waals surface area contributed by atoms with E-state index in [1.807, 2.05) is 0 Å². The van der Waals surface area contributed by atoms with Gasteiger partial charge in [0.25, 0.3) is 0 Å². The molecule has 2 amide bonds. The summed E-state index contributed by atoms with van der Waals surface area (Å²) >= 11 is 0. The Hall–Kier alpha value is -1.50. The summed E-state index contributed by atoms with van der Waals surface area (Å²) in [6.45, 7) is 6.82. The molecule has 7 nitrogen and oxygen atoms in total. The lowest BCUT2D eigenvalue weighted by Crippen LogP contribution is -2.73. The first kappa shape index (κ1) is 16.9. The number of rotatable bonds is 3. The molecule has 2 unspecified atom stereocenters. The third-order valence-corrected chi connectivity index (χ3v) is 7.28. The van der Waals surface area contributed by atoms with Gasteiger partial charge in [-0.05, 0) is 25.7 Å². The number of carboxylic acid groups (broad SMARTS) is 1. The SMILES string of the molecule is CCC1N(C(=O)O)CC12CC(N1CCC3(CC1)OC(=O)NC3CC)C2. The van der Waals surface area contributed by atoms with Crippen molar-refractivity contribution in [3.63, 3.8) is 0 Å². The van der Waals surface area contributed by atoms with E-state index < -0.39 is 6.09 Å². The van der Waals surface area contributed by atoms with E-state index in [4.69, 9.17) is 4.74 Å². The molecule has 2 spiro atoms. The monoisotopic (exact) mass is 351 g/mol. The molecular weight excluding hydrogens is 322 g/mol. The molecule has 3 aliphatic heterocycles. The number of ether oxygens (including phenoxy) is 1. The van der Waals surface area contributed by atoms with Crippen molar-refractivity contribution in [1.82, 2.24) is 15.1 Å². The zero-order valence-electron chi connectivity index (χ0n) is 15.2. The highest BCUT2D eigenvalue weighted by Gasteiger charge is 2.61. The van der Waals surface area contributed by atoms with Crippen LogP contribution in [0.1, 0.15) is 52.4 Å². The summed E-state index contributed by atoms with van der Waals surface area (Å²) < 4.78 is 5.67. The van der Waals surface area contributed by atoms with Crippen molar-refractivity contribution >= 4 is 12.2 Å². The number of carbonyl (C=O) groups is 2. The van der Waals surface area contributed by atoms with Crippen LogP contribution in [0.15, 0.2) is 0 Å². The normalized spacial score (nSPS) is 39.7. The van der Waals surface area contributed by atoms with E-state index in [1.54, 1.807) is 4.90 Å². The molecule has 0 aromatic heterocycles. The third kappa shape index (κ3) is 2.42. The highest BCUT2D eigenvalue weighted by molar-refractivity contribution is 5.71. The molecule has 4 aliphatic rings. The second kappa shape index (κ2) is 5.76. The number of amides is 2. The van der Waals surface area contributed by atoms with Crippen LogP contribution in [-0.2, 0) is 4.74 Å². The van der Waals surface area contributed by atoms with Crippen LogP contribution in [0.3, 0.4) is 0 Å². The average Bonchev–Trinajstić information content (AvgIpc) is 2.82. The van der Waals surface area contributed by atoms with Gasteiger partial charge in [-0.25, -0.2) is 9.59 Å². The first-order chi connectivity index (χ1) is 11.9. The third-order valence-electron chi connectivity index (χ3n) is 7.28. The van der Waals surface area contributed by atoms with E-state index in [-0.39, 0.29) is 29.2 Å². The molecule has 0 aromatic rings. The van der Waals surface area contributed by atoms with Crippen molar-refractivity contribution in [3.05, 3.63) is 0 Å². The van der Waals surface area contributed by atoms with Crippen molar-refractivity contribution < 1.29 is 19.4 Å². The topological polar surface area (TPSA) is 82.1 Å². The molecule has 2 atom stereocenters. The molecule has 4 fully saturated rings. The molecule has 3 saturated heterocycles. The fourth-order valence-corrected chi connectivity index (χ4v) is 5.92. The van der Waals surface area contributed by atoms with Gasteiger partial charge >= 0.3 is 12.2 Å². The van der Waals surface area contributed by atoms with Gasteiger partial charge < -0.3 is 25.0 Å². The lowest BCUT2D eigenvalue weighted by atomic mass is 9.54. The van der Waals surface area contributed by atoms with Gasteiger partial charge in [-0.3, -0.25) is 0 Å². The molecule has 1 saturated carbocycles. The fourth-order valence-electron chi connectivity index (χ4n) is 5.92. The van der Waals surface area contributed by atoms with Crippen molar-refractivity contribution in [1.29, 1.82) is 0 Å². The standard InChI is InChI=1S/C18H29N3O4/c1-3-13-18(25-15(22)19-13)5-7-20(8-6-18)12-9-17(10-12)11-21(16(23)24)14(17)4-2/h12-14H,3-11H2,1-2H3,(H,19,22)(H,23,24). The minimum absolute atomic E-state index is 0.134. The molecule has 25 heavy (non-hydrogen) atoms. The van der Waals surface area contributed by atoms with Crippen LogP contribution in [-0.4, -0.2) is 70.5 Å². The fraction of sp³-hybridized carbons (Fsp3) is 0.889. The predicted molar refractivity (Wildman–Crippen MR) is 91.5 cm³/mol. The van der Waals surface area contributed by atoms with Gasteiger partial charge in [0.05, 0.1) is 6.04 Å². The molecule has 4 rings (SSSR count). The second-order valence-corrected chi connectivity index (χ2v) is 8.35. The minimum atomic E-state index is -0.776. The first-order valence-corrected chi connectivity index (χ1v) is 9.66. The maximum atomic E-state index is 11.7. The van der Waals surface area contributed by atoms with Crippen LogP contribution in [0.4, 0.5) is 9.59 Å². The zero-order chi connectivity index (χ0) is 17.8. The minimum Gasteiger partial charge on any atom is -0.465 e. The van der Waals surface area contributed by atoms with Gasteiger partial charge in [-0.15, -0.1) is 0 Å². The van der Waals surface area contributed by atoms with Crippen molar-refractivity contribution in [2.24, 2.45) is 5.41 Å². The number of hydrogen-bond donors (Lipinski definition) is 2. The van der Waals surface area contributed by atoms with E-state index >= 15 is 0 Å². The van der Waals surface area contributed by atoms with E-state index in [9.17, 15) is 14.7 Å². The largest absolute Gasteiger partial charge is 0.465 e. The summed E-state index contributed by atoms with van der Waals surface area (Å²) in [6.07, 6.45) is 4.77. The van der Waals surface area contributed by atoms with Gasteiger partial charge in [-0.2, -0.15) is 0 Å². The van der Waals surface area contributed by atoms with E-state index in [2.05, 4.69) is 24.1 Å². The maximum absolute atomic E-state index is 11.7. The Balaban J connectivity index is 1.32. The number of piperidine rings is 1. The quantitative estimate of drug-likeness (QED) is 0.815. The number of hydrogen-bond acceptors (Lipinski definition) is 4. The summed E-state index contributed by atoms with van der Waals surface area (Å²) in [5, 5.41) is 12.2. The van der Waals surface area contributed by atoms with Crippen molar-refractivity contribution in [2.75, 3.05) is 19.6 Å². The summed E-state index contributed by atoms with van der Waals surface area (Å²) in [5.74, 6) is 0. The van der Waals surface area contributed by atoms with Gasteiger partial charge in [-0.1, -0.05) is 13.8 Å². The second-order valence-electron chi connectivity index (χ2n) is 8.35. The Morgan fingerprint density at radius 1 is 1.28 bits per heavy atom. The zero-order valence-corrected chi connectivity index (χ0v) is 15.2. The number of likely N-dealkylation sites (tertiary alicyclic amines) is 2. The van der Waals surface area contributed by atoms with E-state index in [0.29, 0.717) is 12.6 Å². The lowest BCUT2D eigenvalue weighted by Gasteiger charge is -2.65. The van der Waals surface area contributed by atoms with Gasteiger partial charge in [0, 0.05) is 50.0 Å². The summed E-state index contributed by atoms with van der Waals surface area (Å²) in [7, 11) is 0. The van der Waals surface area contributed by atoms with Crippen molar-refractivity contribution in [3.8, 4) is 0 Å². The van der Waals surface area contributed by atoms with Crippen LogP contribution in [0.2, 0.25) is 0 Å². The van der Waals surface area contributed by atoms with Crippen LogP contribution >= 0.6 is 0 Å². The van der Waals surface area contributed by atoms with Crippen LogP contribution in [0.5, 0.6) is 0 Å². The van der Waals surface area contributed by atoms with Crippen molar-refractivity contribution in [2.45, 2.75) is 76.1 Å². The van der Waals surface area contributed by atoms with Crippen LogP contribution in [0, 0.1) is 5.41 Å². The number of alkyl carbamates (subject to hydrolysis) is 1. The molecule has 0 radical (unpaired) electrons. The molecule has 3 heterocycles. The average molecular weight is 351 g/mol. The lowest BCUT2D eigenvalue weighted by molar-refractivity contribution is -0.154. The van der Waals surface area contributed by atoms with Gasteiger partial charge in [0.1, 0.15) is 5.60 Å². The Labute approximate surface area is 148 Å². The van der Waals surface area contributed by atoms with Gasteiger partial charge in [0.2, 0.25) is 0 Å². The molecule has 0 aromatic carbocycles. The summed E-state index contributed by atoms with van der Waals surface area (Å²) in [4.78, 5) is 27.1. The van der Waals surface area contributed by atoms with E-state index in [1.165, 1.54) is 0 Å². The molecule has 7 heteroatoms. The smallest absolute Gasteiger partial charge is 0.408 e.